The Hall–Kier alpha value is -1.89. The van der Waals surface area contributed by atoms with E-state index in [1.165, 1.54) is 12.1 Å². The molecule has 0 spiro atoms. The van der Waals surface area contributed by atoms with Crippen LogP contribution in [0.5, 0.6) is 0 Å². The number of hydrogen-bond acceptors (Lipinski definition) is 5. The molecule has 0 unspecified atom stereocenters. The van der Waals surface area contributed by atoms with Crippen LogP contribution in [0.15, 0.2) is 24.3 Å². The van der Waals surface area contributed by atoms with Crippen molar-refractivity contribution in [3.63, 3.8) is 0 Å². The fourth-order valence-corrected chi connectivity index (χ4v) is 2.42. The third-order valence-corrected chi connectivity index (χ3v) is 3.26. The molecule has 0 aliphatic carbocycles. The van der Waals surface area contributed by atoms with Crippen molar-refractivity contribution in [3.8, 4) is 0 Å². The van der Waals surface area contributed by atoms with Crippen LogP contribution in [0, 0.1) is 0 Å². The Bertz CT molecular complexity index is 605. The van der Waals surface area contributed by atoms with Crippen molar-refractivity contribution in [1.82, 2.24) is 5.32 Å². The average Bonchev–Trinajstić information content (AvgIpc) is 2.34. The second-order valence-corrected chi connectivity index (χ2v) is 7.21. The molecule has 0 atom stereocenters. The predicted molar refractivity (Wildman–Crippen MR) is 78.6 cm³/mol. The molecule has 1 aromatic carbocycles. The minimum absolute atomic E-state index is 0.0218. The van der Waals surface area contributed by atoms with E-state index in [1.807, 2.05) is 0 Å². The molecule has 1 rings (SSSR count). The third kappa shape index (κ3) is 6.89. The molecule has 116 valence electrons. The molecule has 0 saturated carbocycles. The van der Waals surface area contributed by atoms with Crippen molar-refractivity contribution in [2.45, 2.75) is 25.6 Å². The molecule has 0 fully saturated rings. The summed E-state index contributed by atoms with van der Waals surface area (Å²) in [7, 11) is -3.11. The van der Waals surface area contributed by atoms with Gasteiger partial charge in [-0.05, 0) is 31.5 Å². The van der Waals surface area contributed by atoms with Gasteiger partial charge >= 0.3 is 5.97 Å². The number of hydrogen-bond donors (Lipinski definition) is 1. The molecule has 0 aliphatic rings. The van der Waals surface area contributed by atoms with Crippen LogP contribution in [0.4, 0.5) is 0 Å². The maximum atomic E-state index is 11.7. The van der Waals surface area contributed by atoms with Crippen molar-refractivity contribution in [2.75, 3.05) is 12.9 Å². The zero-order valence-corrected chi connectivity index (χ0v) is 13.1. The second kappa shape index (κ2) is 7.21. The van der Waals surface area contributed by atoms with Gasteiger partial charge in [-0.2, -0.15) is 0 Å². The maximum absolute atomic E-state index is 11.7. The number of carbonyl (C=O) groups is 2. The molecule has 1 aromatic rings. The molecule has 7 heteroatoms. The number of sulfone groups is 1. The van der Waals surface area contributed by atoms with E-state index in [0.29, 0.717) is 5.56 Å². The van der Waals surface area contributed by atoms with E-state index < -0.39 is 15.8 Å². The predicted octanol–water partition coefficient (Wildman–Crippen LogP) is 0.913. The number of carbonyl (C=O) groups excluding carboxylic acids is 2. The van der Waals surface area contributed by atoms with E-state index in [9.17, 15) is 18.0 Å². The summed E-state index contributed by atoms with van der Waals surface area (Å²) in [6.07, 6.45) is 1.14. The summed E-state index contributed by atoms with van der Waals surface area (Å²) in [5.74, 6) is -1.08. The average molecular weight is 313 g/mol. The minimum atomic E-state index is -3.11. The molecule has 0 radical (unpaired) electrons. The summed E-state index contributed by atoms with van der Waals surface area (Å²) in [5, 5.41) is 2.60. The van der Waals surface area contributed by atoms with Crippen molar-refractivity contribution < 1.29 is 22.7 Å². The zero-order valence-electron chi connectivity index (χ0n) is 12.3. The quantitative estimate of drug-likeness (QED) is 0.789. The number of rotatable bonds is 6. The summed E-state index contributed by atoms with van der Waals surface area (Å²) in [4.78, 5) is 23.1. The Labute approximate surface area is 124 Å². The SMILES string of the molecule is CC(C)NC(=O)COC(=O)c1ccc(CS(C)(=O)=O)cc1. The lowest BCUT2D eigenvalue weighted by molar-refractivity contribution is -0.124. The minimum Gasteiger partial charge on any atom is -0.452 e. The summed E-state index contributed by atoms with van der Waals surface area (Å²) in [6, 6.07) is 6.02. The molecule has 0 bridgehead atoms. The molecule has 0 saturated heterocycles. The first-order valence-corrected chi connectivity index (χ1v) is 8.46. The Balaban J connectivity index is 2.57. The fraction of sp³-hybridized carbons (Fsp3) is 0.429. The summed E-state index contributed by atoms with van der Waals surface area (Å²) in [5.41, 5.74) is 0.858. The van der Waals surface area contributed by atoms with Crippen LogP contribution >= 0.6 is 0 Å². The van der Waals surface area contributed by atoms with Crippen LogP contribution in [-0.4, -0.2) is 39.2 Å². The molecule has 21 heavy (non-hydrogen) atoms. The van der Waals surface area contributed by atoms with Gasteiger partial charge < -0.3 is 10.1 Å². The first-order chi connectivity index (χ1) is 9.67. The Morgan fingerprint density at radius 2 is 1.76 bits per heavy atom. The number of esters is 1. The van der Waals surface area contributed by atoms with E-state index >= 15 is 0 Å². The number of benzene rings is 1. The smallest absolute Gasteiger partial charge is 0.338 e. The van der Waals surface area contributed by atoms with Crippen LogP contribution in [0.1, 0.15) is 29.8 Å². The Kier molecular flexibility index (Phi) is 5.90. The molecule has 0 aromatic heterocycles. The Morgan fingerprint density at radius 3 is 2.24 bits per heavy atom. The van der Waals surface area contributed by atoms with Crippen LogP contribution < -0.4 is 5.32 Å². The van der Waals surface area contributed by atoms with E-state index in [-0.39, 0.29) is 29.9 Å². The maximum Gasteiger partial charge on any atom is 0.338 e. The van der Waals surface area contributed by atoms with Gasteiger partial charge in [-0.3, -0.25) is 4.79 Å². The highest BCUT2D eigenvalue weighted by Crippen LogP contribution is 2.09. The van der Waals surface area contributed by atoms with Crippen molar-refractivity contribution in [2.24, 2.45) is 0 Å². The van der Waals surface area contributed by atoms with E-state index in [0.717, 1.165) is 6.26 Å². The third-order valence-electron chi connectivity index (χ3n) is 2.40. The first-order valence-electron chi connectivity index (χ1n) is 6.40. The van der Waals surface area contributed by atoms with Gasteiger partial charge in [0.2, 0.25) is 0 Å². The molecule has 1 N–H and O–H groups in total. The molecular weight excluding hydrogens is 294 g/mol. The molecule has 1 amide bonds. The number of nitrogens with one attached hydrogen (secondary N) is 1. The highest BCUT2D eigenvalue weighted by atomic mass is 32.2. The van der Waals surface area contributed by atoms with E-state index in [1.54, 1.807) is 26.0 Å². The summed E-state index contributed by atoms with van der Waals surface area (Å²) < 4.78 is 27.2. The van der Waals surface area contributed by atoms with Crippen LogP contribution in [0.3, 0.4) is 0 Å². The molecule has 0 heterocycles. The number of amides is 1. The van der Waals surface area contributed by atoms with E-state index in [4.69, 9.17) is 4.74 Å². The standard InChI is InChI=1S/C14H19NO5S/c1-10(2)15-13(16)8-20-14(17)12-6-4-11(5-7-12)9-21(3,18)19/h4-7,10H,8-9H2,1-3H3,(H,15,16). The van der Waals surface area contributed by atoms with Gasteiger partial charge in [0.25, 0.3) is 5.91 Å². The lowest BCUT2D eigenvalue weighted by atomic mass is 10.1. The number of ether oxygens (including phenoxy) is 1. The lowest BCUT2D eigenvalue weighted by Gasteiger charge is -2.09. The van der Waals surface area contributed by atoms with E-state index in [2.05, 4.69) is 5.32 Å². The van der Waals surface area contributed by atoms with Gasteiger partial charge in [-0.25, -0.2) is 13.2 Å². The largest absolute Gasteiger partial charge is 0.452 e. The molecule has 6 nitrogen and oxygen atoms in total. The highest BCUT2D eigenvalue weighted by Gasteiger charge is 2.11. The second-order valence-electron chi connectivity index (χ2n) is 5.07. The highest BCUT2D eigenvalue weighted by molar-refractivity contribution is 7.89. The first kappa shape index (κ1) is 17.2. The van der Waals surface area contributed by atoms with Crippen molar-refractivity contribution in [1.29, 1.82) is 0 Å². The summed E-state index contributed by atoms with van der Waals surface area (Å²) >= 11 is 0. The van der Waals surface area contributed by atoms with Gasteiger partial charge in [0.15, 0.2) is 16.4 Å². The summed E-state index contributed by atoms with van der Waals surface area (Å²) in [6.45, 7) is 3.27. The lowest BCUT2D eigenvalue weighted by Crippen LogP contribution is -2.33. The van der Waals surface area contributed by atoms with Crippen LogP contribution in [-0.2, 0) is 25.1 Å². The van der Waals surface area contributed by atoms with Gasteiger partial charge in [-0.1, -0.05) is 12.1 Å². The van der Waals surface area contributed by atoms with Crippen molar-refractivity contribution >= 4 is 21.7 Å². The normalized spacial score (nSPS) is 11.2. The van der Waals surface area contributed by atoms with Crippen LogP contribution in [0.2, 0.25) is 0 Å². The fourth-order valence-electron chi connectivity index (χ4n) is 1.62. The van der Waals surface area contributed by atoms with Gasteiger partial charge in [0.05, 0.1) is 11.3 Å². The monoisotopic (exact) mass is 313 g/mol. The Morgan fingerprint density at radius 1 is 1.19 bits per heavy atom. The molecular formula is C14H19NO5S. The zero-order chi connectivity index (χ0) is 16.0. The van der Waals surface area contributed by atoms with Gasteiger partial charge in [0, 0.05) is 12.3 Å². The van der Waals surface area contributed by atoms with Gasteiger partial charge in [0.1, 0.15) is 0 Å². The van der Waals surface area contributed by atoms with Crippen LogP contribution in [0.25, 0.3) is 0 Å². The van der Waals surface area contributed by atoms with Gasteiger partial charge in [-0.15, -0.1) is 0 Å². The molecule has 0 aliphatic heterocycles. The van der Waals surface area contributed by atoms with Crippen molar-refractivity contribution in [3.05, 3.63) is 35.4 Å². The topological polar surface area (TPSA) is 89.5 Å².